The Kier molecular flexibility index (Phi) is 6.81. The van der Waals surface area contributed by atoms with Crippen LogP contribution in [0.5, 0.6) is 0 Å². The van der Waals surface area contributed by atoms with Gasteiger partial charge in [-0.25, -0.2) is 9.59 Å². The number of rotatable bonds is 5. The van der Waals surface area contributed by atoms with Gasteiger partial charge in [0, 0.05) is 0 Å². The molecule has 0 aromatic heterocycles. The monoisotopic (exact) mass is 457 g/mol. The molecular weight excluding hydrogens is 441 g/mol. The number of carboxylic acid groups (broad SMARTS) is 1. The highest BCUT2D eigenvalue weighted by Crippen LogP contribution is 2.34. The largest absolute Gasteiger partial charge is 0.479 e. The Morgan fingerprint density at radius 3 is 2.20 bits per heavy atom. The van der Waals surface area contributed by atoms with Gasteiger partial charge in [0.15, 0.2) is 6.10 Å². The molecule has 0 spiro atoms. The number of aliphatic hydroxyl groups excluding tert-OH is 3. The van der Waals surface area contributed by atoms with E-state index in [9.17, 15) is 24.9 Å². The zero-order valence-electron chi connectivity index (χ0n) is 15.1. The highest BCUT2D eigenvalue weighted by molar-refractivity contribution is 6.39. The van der Waals surface area contributed by atoms with E-state index in [1.165, 1.54) is 6.07 Å². The second-order valence-electron chi connectivity index (χ2n) is 6.41. The van der Waals surface area contributed by atoms with Crippen LogP contribution in [0.1, 0.15) is 10.4 Å². The number of carbonyl (C=O) groups excluding carboxylic acids is 1. The van der Waals surface area contributed by atoms with Gasteiger partial charge in [-0.3, -0.25) is 0 Å². The molecule has 0 amide bonds. The summed E-state index contributed by atoms with van der Waals surface area (Å²) in [4.78, 5) is 23.9. The maximum atomic E-state index is 12.7. The molecule has 3 rings (SSSR count). The smallest absolute Gasteiger partial charge is 0.342 e. The molecule has 5 N–H and O–H groups in total. The molecule has 1 saturated heterocycles. The maximum absolute atomic E-state index is 12.7. The fraction of sp³-hybridized carbons (Fsp3) is 0.263. The minimum Gasteiger partial charge on any atom is -0.479 e. The second-order valence-corrected chi connectivity index (χ2v) is 7.22. The van der Waals surface area contributed by atoms with Gasteiger partial charge in [-0.15, -0.1) is 0 Å². The molecule has 0 unspecified atom stereocenters. The Bertz CT molecular complexity index is 936. The predicted octanol–water partition coefficient (Wildman–Crippen LogP) is 1.79. The van der Waals surface area contributed by atoms with E-state index in [0.717, 1.165) is 0 Å². The molecule has 1 fully saturated rings. The van der Waals surface area contributed by atoms with E-state index in [-0.39, 0.29) is 11.3 Å². The molecule has 0 saturated carbocycles. The van der Waals surface area contributed by atoms with Crippen LogP contribution in [0.2, 0.25) is 10.0 Å². The Hall–Kier alpha value is -2.40. The average Bonchev–Trinajstić information content (AvgIpc) is 2.71. The third-order valence-corrected chi connectivity index (χ3v) is 5.04. The Balaban J connectivity index is 1.83. The van der Waals surface area contributed by atoms with E-state index in [1.54, 1.807) is 36.4 Å². The number of carbonyl (C=O) groups is 2. The molecule has 0 aliphatic carbocycles. The lowest BCUT2D eigenvalue weighted by Crippen LogP contribution is -2.60. The van der Waals surface area contributed by atoms with Crippen molar-refractivity contribution in [2.24, 2.45) is 0 Å². The molecular formula is C19H17Cl2NO8. The van der Waals surface area contributed by atoms with Gasteiger partial charge in [-0.1, -0.05) is 41.4 Å². The number of ether oxygens (including phenoxy) is 2. The minimum absolute atomic E-state index is 0.00299. The van der Waals surface area contributed by atoms with Crippen molar-refractivity contribution in [2.45, 2.75) is 30.7 Å². The molecule has 9 nitrogen and oxygen atoms in total. The lowest BCUT2D eigenvalue weighted by atomic mass is 9.99. The van der Waals surface area contributed by atoms with Crippen LogP contribution in [0, 0.1) is 0 Å². The van der Waals surface area contributed by atoms with Gasteiger partial charge in [0.2, 0.25) is 6.29 Å². The van der Waals surface area contributed by atoms with Gasteiger partial charge in [-0.05, 0) is 24.3 Å². The first-order chi connectivity index (χ1) is 14.2. The molecule has 0 radical (unpaired) electrons. The first-order valence-corrected chi connectivity index (χ1v) is 9.39. The molecule has 2 aromatic carbocycles. The molecule has 1 heterocycles. The molecule has 1 aliphatic heterocycles. The number of anilines is 2. The summed E-state index contributed by atoms with van der Waals surface area (Å²) >= 11 is 12.3. The van der Waals surface area contributed by atoms with Crippen molar-refractivity contribution < 1.29 is 39.5 Å². The highest BCUT2D eigenvalue weighted by atomic mass is 35.5. The van der Waals surface area contributed by atoms with Crippen molar-refractivity contribution in [3.63, 3.8) is 0 Å². The van der Waals surface area contributed by atoms with Crippen molar-refractivity contribution in [1.29, 1.82) is 0 Å². The van der Waals surface area contributed by atoms with Crippen molar-refractivity contribution in [1.82, 2.24) is 0 Å². The molecule has 160 valence electrons. The van der Waals surface area contributed by atoms with Crippen LogP contribution >= 0.6 is 23.2 Å². The first-order valence-electron chi connectivity index (χ1n) is 8.64. The SMILES string of the molecule is O=C(O[C@@H]1O[C@H](C(=O)O)[C@@H](O)[C@H](O)[C@H]1O)c1ccccc1Nc1c(Cl)cccc1Cl. The van der Waals surface area contributed by atoms with Crippen molar-refractivity contribution in [3.05, 3.63) is 58.1 Å². The summed E-state index contributed by atoms with van der Waals surface area (Å²) in [6.45, 7) is 0. The normalized spacial score (nSPS) is 26.1. The molecule has 0 bridgehead atoms. The van der Waals surface area contributed by atoms with Crippen LogP contribution < -0.4 is 5.32 Å². The fourth-order valence-corrected chi connectivity index (χ4v) is 3.33. The van der Waals surface area contributed by atoms with E-state index in [1.807, 2.05) is 0 Å². The first kappa shape index (κ1) is 22.3. The Morgan fingerprint density at radius 2 is 1.57 bits per heavy atom. The highest BCUT2D eigenvalue weighted by Gasteiger charge is 2.48. The van der Waals surface area contributed by atoms with Crippen LogP contribution in [0.15, 0.2) is 42.5 Å². The lowest BCUT2D eigenvalue weighted by Gasteiger charge is -2.38. The van der Waals surface area contributed by atoms with Gasteiger partial charge < -0.3 is 35.2 Å². The van der Waals surface area contributed by atoms with Crippen molar-refractivity contribution >= 4 is 46.5 Å². The summed E-state index contributed by atoms with van der Waals surface area (Å²) in [5.74, 6) is -2.58. The van der Waals surface area contributed by atoms with Gasteiger partial charge in [-0.2, -0.15) is 0 Å². The summed E-state index contributed by atoms with van der Waals surface area (Å²) in [5, 5.41) is 42.2. The van der Waals surface area contributed by atoms with E-state index >= 15 is 0 Å². The predicted molar refractivity (Wildman–Crippen MR) is 106 cm³/mol. The van der Waals surface area contributed by atoms with Gasteiger partial charge in [0.05, 0.1) is 27.0 Å². The number of nitrogens with one attached hydrogen (secondary N) is 1. The summed E-state index contributed by atoms with van der Waals surface area (Å²) in [6.07, 6.45) is -9.38. The molecule has 30 heavy (non-hydrogen) atoms. The third kappa shape index (κ3) is 4.51. The zero-order valence-corrected chi connectivity index (χ0v) is 16.6. The quantitative estimate of drug-likeness (QED) is 0.424. The number of hydrogen-bond acceptors (Lipinski definition) is 8. The average molecular weight is 458 g/mol. The summed E-state index contributed by atoms with van der Waals surface area (Å²) < 4.78 is 10.0. The number of benzene rings is 2. The van der Waals surface area contributed by atoms with E-state index in [2.05, 4.69) is 5.32 Å². The number of halogens is 2. The standard InChI is InChI=1S/C19H17Cl2NO8/c20-9-5-3-6-10(21)12(9)22-11-7-2-1-4-8(11)18(28)30-19-15(25)13(23)14(24)16(29-19)17(26)27/h1-7,13-16,19,22-25H,(H,26,27)/t13-,14-,15+,16-,19-/m0/s1. The Labute approximate surface area is 180 Å². The summed E-state index contributed by atoms with van der Waals surface area (Å²) in [5.41, 5.74) is 0.606. The molecule has 11 heteroatoms. The molecule has 1 aliphatic rings. The topological polar surface area (TPSA) is 146 Å². The third-order valence-electron chi connectivity index (χ3n) is 4.41. The fourth-order valence-electron chi connectivity index (χ4n) is 2.84. The number of aliphatic carboxylic acids is 1. The van der Waals surface area contributed by atoms with Crippen LogP contribution in [-0.4, -0.2) is 63.1 Å². The van der Waals surface area contributed by atoms with Crippen LogP contribution in [0.25, 0.3) is 0 Å². The zero-order chi connectivity index (χ0) is 22.0. The molecule has 5 atom stereocenters. The number of carboxylic acids is 1. The second kappa shape index (κ2) is 9.17. The number of esters is 1. The number of aliphatic hydroxyl groups is 3. The van der Waals surface area contributed by atoms with Crippen LogP contribution in [-0.2, 0) is 14.3 Å². The van der Waals surface area contributed by atoms with Crippen molar-refractivity contribution in [2.75, 3.05) is 5.32 Å². The molecule has 2 aromatic rings. The van der Waals surface area contributed by atoms with Gasteiger partial charge >= 0.3 is 11.9 Å². The number of hydrogen-bond donors (Lipinski definition) is 5. The minimum atomic E-state index is -1.90. The van der Waals surface area contributed by atoms with Crippen molar-refractivity contribution in [3.8, 4) is 0 Å². The van der Waals surface area contributed by atoms with E-state index in [0.29, 0.717) is 15.7 Å². The lowest BCUT2D eigenvalue weighted by molar-refractivity contribution is -0.278. The van der Waals surface area contributed by atoms with Crippen LogP contribution in [0.4, 0.5) is 11.4 Å². The van der Waals surface area contributed by atoms with Gasteiger partial charge in [0.1, 0.15) is 18.3 Å². The van der Waals surface area contributed by atoms with Gasteiger partial charge in [0.25, 0.3) is 0 Å². The maximum Gasteiger partial charge on any atom is 0.342 e. The Morgan fingerprint density at radius 1 is 0.933 bits per heavy atom. The summed E-state index contributed by atoms with van der Waals surface area (Å²) in [7, 11) is 0. The number of para-hydroxylation sites is 2. The summed E-state index contributed by atoms with van der Waals surface area (Å²) in [6, 6.07) is 11.0. The van der Waals surface area contributed by atoms with E-state index in [4.69, 9.17) is 37.8 Å². The van der Waals surface area contributed by atoms with Crippen LogP contribution in [0.3, 0.4) is 0 Å². The van der Waals surface area contributed by atoms with E-state index < -0.39 is 42.6 Å².